The molecule has 10 heteroatoms. The number of hydrogen-bond donors (Lipinski definition) is 0. The van der Waals surface area contributed by atoms with Gasteiger partial charge in [0.2, 0.25) is 5.88 Å². The van der Waals surface area contributed by atoms with Crippen LogP contribution in [0.3, 0.4) is 0 Å². The fourth-order valence-electron chi connectivity index (χ4n) is 5.50. The summed E-state index contributed by atoms with van der Waals surface area (Å²) in [5.74, 6) is 0.326. The number of amides is 1. The fraction of sp³-hybridized carbons (Fsp3) is 0.379. The summed E-state index contributed by atoms with van der Waals surface area (Å²) in [6.07, 6.45) is 4.33. The van der Waals surface area contributed by atoms with E-state index < -0.39 is 0 Å². The van der Waals surface area contributed by atoms with Crippen LogP contribution < -0.4 is 4.74 Å². The lowest BCUT2D eigenvalue weighted by atomic mass is 9.76. The molecule has 2 aliphatic rings. The molecule has 0 spiro atoms. The lowest BCUT2D eigenvalue weighted by molar-refractivity contribution is 0.0735. The monoisotopic (exact) mass is 581 g/mol. The minimum absolute atomic E-state index is 0. The van der Waals surface area contributed by atoms with Gasteiger partial charge in [-0.05, 0) is 85.8 Å². The van der Waals surface area contributed by atoms with Gasteiger partial charge in [-0.2, -0.15) is 0 Å². The van der Waals surface area contributed by atoms with Crippen molar-refractivity contribution in [3.05, 3.63) is 95.2 Å². The van der Waals surface area contributed by atoms with Gasteiger partial charge in [0.05, 0.1) is 6.54 Å². The van der Waals surface area contributed by atoms with Crippen molar-refractivity contribution in [3.63, 3.8) is 0 Å². The van der Waals surface area contributed by atoms with Crippen LogP contribution in [-0.4, -0.2) is 65.5 Å². The Morgan fingerprint density at radius 3 is 2.08 bits per heavy atom. The van der Waals surface area contributed by atoms with Crippen molar-refractivity contribution in [2.24, 2.45) is 5.92 Å². The lowest BCUT2D eigenvalue weighted by Crippen LogP contribution is -2.40. The van der Waals surface area contributed by atoms with Crippen molar-refractivity contribution in [1.29, 1.82) is 0 Å². The van der Waals surface area contributed by atoms with Crippen LogP contribution in [0, 0.1) is 17.6 Å². The molecule has 6 nitrogen and oxygen atoms in total. The summed E-state index contributed by atoms with van der Waals surface area (Å²) in [7, 11) is 1.80. The van der Waals surface area contributed by atoms with Gasteiger partial charge in [0.15, 0.2) is 0 Å². The van der Waals surface area contributed by atoms with Gasteiger partial charge in [-0.15, -0.1) is 24.8 Å². The topological polar surface area (TPSA) is 77.2 Å². The van der Waals surface area contributed by atoms with Crippen LogP contribution in [0.25, 0.3) is 0 Å². The van der Waals surface area contributed by atoms with Crippen LogP contribution in [0.15, 0.2) is 66.9 Å². The molecule has 1 amide bonds. The zero-order valence-corrected chi connectivity index (χ0v) is 23.4. The van der Waals surface area contributed by atoms with Gasteiger partial charge in [0, 0.05) is 25.7 Å². The predicted molar refractivity (Wildman–Crippen MR) is 152 cm³/mol. The van der Waals surface area contributed by atoms with Crippen LogP contribution in [0.1, 0.15) is 46.7 Å². The Labute approximate surface area is 240 Å². The molecule has 2 N–H and O–H groups in total. The Bertz CT molecular complexity index is 1150. The highest BCUT2D eigenvalue weighted by Crippen LogP contribution is 2.38. The molecule has 5 rings (SSSR count). The molecule has 1 fully saturated rings. The summed E-state index contributed by atoms with van der Waals surface area (Å²) in [5.41, 5.74) is 2.63. The molecule has 1 unspecified atom stereocenters. The molecule has 3 heterocycles. The summed E-state index contributed by atoms with van der Waals surface area (Å²) in [5, 5.41) is 0. The molecule has 212 valence electrons. The average molecular weight is 583 g/mol. The van der Waals surface area contributed by atoms with Gasteiger partial charge >= 0.3 is 0 Å². The van der Waals surface area contributed by atoms with Crippen molar-refractivity contribution in [1.82, 2.24) is 14.8 Å². The summed E-state index contributed by atoms with van der Waals surface area (Å²) in [4.78, 5) is 21.0. The van der Waals surface area contributed by atoms with Crippen LogP contribution >= 0.6 is 24.8 Å². The maximum atomic E-state index is 13.6. The Morgan fingerprint density at radius 1 is 0.949 bits per heavy atom. The normalized spacial score (nSPS) is 17.7. The van der Waals surface area contributed by atoms with E-state index in [1.807, 2.05) is 24.3 Å². The summed E-state index contributed by atoms with van der Waals surface area (Å²) < 4.78 is 33.3. The van der Waals surface area contributed by atoms with Crippen LogP contribution in [0.5, 0.6) is 5.88 Å². The molecule has 1 atom stereocenters. The highest BCUT2D eigenvalue weighted by Gasteiger charge is 2.31. The van der Waals surface area contributed by atoms with E-state index in [9.17, 15) is 13.6 Å². The van der Waals surface area contributed by atoms with Crippen molar-refractivity contribution in [2.75, 3.05) is 33.2 Å². The molecular formula is C29H35Cl2F2N3O3. The number of nitrogens with zero attached hydrogens (tertiary/aromatic N) is 3. The number of fused-ring (bicyclic) bond motifs is 1. The van der Waals surface area contributed by atoms with E-state index in [-0.39, 0.29) is 59.9 Å². The smallest absolute Gasteiger partial charge is 0.259 e. The summed E-state index contributed by atoms with van der Waals surface area (Å²) in [6, 6.07) is 16.9. The minimum atomic E-state index is -0.252. The predicted octanol–water partition coefficient (Wildman–Crippen LogP) is 5.15. The third kappa shape index (κ3) is 7.66. The Morgan fingerprint density at radius 2 is 1.51 bits per heavy atom. The van der Waals surface area contributed by atoms with E-state index in [1.165, 1.54) is 24.3 Å². The first kappa shape index (κ1) is 32.4. The third-order valence-electron chi connectivity index (χ3n) is 7.43. The zero-order chi connectivity index (χ0) is 25.1. The van der Waals surface area contributed by atoms with E-state index in [0.29, 0.717) is 23.9 Å². The number of halogens is 4. The van der Waals surface area contributed by atoms with Crippen LogP contribution in [0.2, 0.25) is 0 Å². The van der Waals surface area contributed by atoms with Crippen LogP contribution in [-0.2, 0) is 0 Å². The standard InChI is InChI=1S/C29H31F2N3O2.2ClH.H2O/c1-33-19-25(36-28-26(29(33)35)3-2-15-32-28)14-18-34-16-12-22(13-17-34)27(20-4-8-23(30)9-5-20)21-6-10-24(31)11-7-21;;;/h2-11,15,22,25,27H,12-14,16-19H2,1H3;2*1H;1H2. The molecule has 0 aliphatic carbocycles. The molecule has 0 bridgehead atoms. The van der Waals surface area contributed by atoms with E-state index in [1.54, 1.807) is 30.3 Å². The number of carbonyl (C=O) groups is 1. The largest absolute Gasteiger partial charge is 0.472 e. The Hall–Kier alpha value is -2.78. The number of ether oxygens (including phenoxy) is 1. The molecule has 2 aromatic carbocycles. The number of hydrogen-bond acceptors (Lipinski definition) is 4. The second-order valence-electron chi connectivity index (χ2n) is 9.83. The maximum Gasteiger partial charge on any atom is 0.259 e. The van der Waals surface area contributed by atoms with Crippen LogP contribution in [0.4, 0.5) is 8.78 Å². The molecule has 1 aromatic heterocycles. The molecule has 1 saturated heterocycles. The molecule has 0 radical (unpaired) electrons. The van der Waals surface area contributed by atoms with Gasteiger partial charge in [-0.25, -0.2) is 13.8 Å². The minimum Gasteiger partial charge on any atom is -0.472 e. The second-order valence-corrected chi connectivity index (χ2v) is 9.83. The van der Waals surface area contributed by atoms with Gasteiger partial charge in [0.25, 0.3) is 5.91 Å². The van der Waals surface area contributed by atoms with E-state index in [4.69, 9.17) is 4.74 Å². The van der Waals surface area contributed by atoms with Crippen molar-refractivity contribution in [2.45, 2.75) is 31.3 Å². The first-order valence-electron chi connectivity index (χ1n) is 12.6. The number of aromatic nitrogens is 1. The van der Waals surface area contributed by atoms with Gasteiger partial charge in [-0.1, -0.05) is 24.3 Å². The van der Waals surface area contributed by atoms with E-state index in [2.05, 4.69) is 9.88 Å². The number of pyridine rings is 1. The quantitative estimate of drug-likeness (QED) is 0.403. The molecule has 0 saturated carbocycles. The SMILES string of the molecule is CN1CC(CCN2CCC(C(c3ccc(F)cc3)c3ccc(F)cc3)CC2)Oc2ncccc2C1=O.Cl.Cl.O. The maximum absolute atomic E-state index is 13.6. The fourth-order valence-corrected chi connectivity index (χ4v) is 5.50. The number of carbonyl (C=O) groups excluding carboxylic acids is 1. The van der Waals surface area contributed by atoms with E-state index >= 15 is 0 Å². The zero-order valence-electron chi connectivity index (χ0n) is 21.8. The summed E-state index contributed by atoms with van der Waals surface area (Å²) >= 11 is 0. The van der Waals surface area contributed by atoms with E-state index in [0.717, 1.165) is 50.0 Å². The third-order valence-corrected chi connectivity index (χ3v) is 7.43. The number of benzene rings is 2. The molecule has 39 heavy (non-hydrogen) atoms. The van der Waals surface area contributed by atoms with Gasteiger partial charge in [0.1, 0.15) is 23.3 Å². The summed E-state index contributed by atoms with van der Waals surface area (Å²) in [6.45, 7) is 3.29. The highest BCUT2D eigenvalue weighted by molar-refractivity contribution is 5.96. The highest BCUT2D eigenvalue weighted by atomic mass is 35.5. The number of rotatable bonds is 6. The lowest BCUT2D eigenvalue weighted by Gasteiger charge is -2.37. The Balaban J connectivity index is 0.00000178. The Kier molecular flexibility index (Phi) is 12.1. The molecular weight excluding hydrogens is 547 g/mol. The molecule has 2 aliphatic heterocycles. The first-order chi connectivity index (χ1) is 17.5. The number of likely N-dealkylation sites (tertiary alicyclic amines) is 1. The average Bonchev–Trinajstić information content (AvgIpc) is 3.02. The number of likely N-dealkylation sites (N-methyl/N-ethyl adjacent to an activating group) is 1. The number of piperidine rings is 1. The van der Waals surface area contributed by atoms with Crippen molar-refractivity contribution < 1.29 is 23.8 Å². The van der Waals surface area contributed by atoms with Gasteiger partial charge < -0.3 is 20.0 Å². The molecule has 3 aromatic rings. The first-order valence-corrected chi connectivity index (χ1v) is 12.6. The van der Waals surface area contributed by atoms with Crippen molar-refractivity contribution >= 4 is 30.7 Å². The van der Waals surface area contributed by atoms with Gasteiger partial charge in [-0.3, -0.25) is 4.79 Å². The van der Waals surface area contributed by atoms with Crippen molar-refractivity contribution in [3.8, 4) is 5.88 Å². The second kappa shape index (κ2) is 14.6.